The van der Waals surface area contributed by atoms with Crippen LogP contribution >= 0.6 is 0 Å². The van der Waals surface area contributed by atoms with Crippen LogP contribution in [-0.4, -0.2) is 18.2 Å². The molecule has 1 aromatic heterocycles. The van der Waals surface area contributed by atoms with E-state index in [2.05, 4.69) is 11.9 Å². The first-order valence-electron chi connectivity index (χ1n) is 6.70. The van der Waals surface area contributed by atoms with E-state index >= 15 is 0 Å². The molecule has 1 fully saturated rings. The van der Waals surface area contributed by atoms with Crippen LogP contribution < -0.4 is 15.2 Å². The summed E-state index contributed by atoms with van der Waals surface area (Å²) in [7, 11) is 1.57. The number of pyridine rings is 1. The lowest BCUT2D eigenvalue weighted by molar-refractivity contribution is 0.116. The van der Waals surface area contributed by atoms with E-state index in [-0.39, 0.29) is 6.10 Å². The van der Waals surface area contributed by atoms with Gasteiger partial charge in [-0.1, -0.05) is 19.8 Å². The highest BCUT2D eigenvalue weighted by Gasteiger charge is 2.22. The summed E-state index contributed by atoms with van der Waals surface area (Å²) in [4.78, 5) is 4.27. The molecule has 4 heteroatoms. The maximum atomic E-state index is 5.94. The molecule has 1 aliphatic carbocycles. The molecule has 4 nitrogen and oxygen atoms in total. The third kappa shape index (κ3) is 3.06. The second kappa shape index (κ2) is 5.94. The van der Waals surface area contributed by atoms with Gasteiger partial charge in [0.2, 0.25) is 11.8 Å². The van der Waals surface area contributed by atoms with Gasteiger partial charge in [-0.15, -0.1) is 0 Å². The first-order valence-corrected chi connectivity index (χ1v) is 6.70. The number of hydrogen-bond acceptors (Lipinski definition) is 4. The molecule has 0 radical (unpaired) electrons. The lowest BCUT2D eigenvalue weighted by Gasteiger charge is -2.28. The zero-order valence-electron chi connectivity index (χ0n) is 11.2. The number of ether oxygens (including phenoxy) is 2. The smallest absolute Gasteiger partial charge is 0.240 e. The van der Waals surface area contributed by atoms with E-state index < -0.39 is 0 Å². The number of nitrogen functional groups attached to an aromatic ring is 1. The van der Waals surface area contributed by atoms with Crippen LogP contribution in [0.15, 0.2) is 12.1 Å². The first-order chi connectivity index (χ1) is 8.72. The zero-order chi connectivity index (χ0) is 13.0. The summed E-state index contributed by atoms with van der Waals surface area (Å²) in [6.45, 7) is 2.25. The number of methoxy groups -OCH3 is 1. The second-order valence-electron chi connectivity index (χ2n) is 4.93. The molecular weight excluding hydrogens is 228 g/mol. The quantitative estimate of drug-likeness (QED) is 0.892. The van der Waals surface area contributed by atoms with Crippen LogP contribution in [0.5, 0.6) is 11.8 Å². The summed E-state index contributed by atoms with van der Waals surface area (Å²) < 4.78 is 11.0. The predicted molar refractivity (Wildman–Crippen MR) is 71.9 cm³/mol. The molecule has 18 heavy (non-hydrogen) atoms. The Balaban J connectivity index is 2.00. The van der Waals surface area contributed by atoms with Gasteiger partial charge in [0.15, 0.2) is 0 Å². The number of anilines is 1. The van der Waals surface area contributed by atoms with E-state index in [1.165, 1.54) is 19.3 Å². The predicted octanol–water partition coefficient (Wildman–Crippen LogP) is 3.02. The molecule has 0 aromatic carbocycles. The molecule has 2 unspecified atom stereocenters. The lowest BCUT2D eigenvalue weighted by atomic mass is 9.85. The van der Waals surface area contributed by atoms with Crippen LogP contribution in [0.1, 0.15) is 39.0 Å². The van der Waals surface area contributed by atoms with Gasteiger partial charge in [0.25, 0.3) is 0 Å². The van der Waals surface area contributed by atoms with Gasteiger partial charge in [0.05, 0.1) is 12.8 Å². The van der Waals surface area contributed by atoms with Crippen molar-refractivity contribution in [3.63, 3.8) is 0 Å². The topological polar surface area (TPSA) is 57.4 Å². The summed E-state index contributed by atoms with van der Waals surface area (Å²) in [6, 6.07) is 3.59. The van der Waals surface area contributed by atoms with Crippen LogP contribution in [0.25, 0.3) is 0 Å². The minimum atomic E-state index is 0.282. The van der Waals surface area contributed by atoms with E-state index in [9.17, 15) is 0 Å². The molecule has 0 aliphatic heterocycles. The molecule has 1 heterocycles. The molecule has 1 aromatic rings. The van der Waals surface area contributed by atoms with Crippen LogP contribution in [0.3, 0.4) is 0 Å². The fourth-order valence-corrected chi connectivity index (χ4v) is 2.55. The third-order valence-electron chi connectivity index (χ3n) is 3.66. The van der Waals surface area contributed by atoms with Crippen molar-refractivity contribution >= 4 is 5.69 Å². The van der Waals surface area contributed by atoms with Crippen molar-refractivity contribution in [1.29, 1.82) is 0 Å². The number of nitrogens with two attached hydrogens (primary N) is 1. The first kappa shape index (κ1) is 13.0. The Morgan fingerprint density at radius 1 is 1.39 bits per heavy atom. The summed E-state index contributed by atoms with van der Waals surface area (Å²) in [5.41, 5.74) is 6.28. The number of aromatic nitrogens is 1. The van der Waals surface area contributed by atoms with E-state index in [1.807, 2.05) is 6.07 Å². The molecule has 1 aliphatic rings. The molecule has 1 saturated carbocycles. The highest BCUT2D eigenvalue weighted by atomic mass is 16.5. The van der Waals surface area contributed by atoms with Crippen LogP contribution in [0.2, 0.25) is 0 Å². The molecule has 100 valence electrons. The summed E-state index contributed by atoms with van der Waals surface area (Å²) in [6.07, 6.45) is 6.34. The van der Waals surface area contributed by atoms with Gasteiger partial charge in [-0.2, -0.15) is 4.98 Å². The van der Waals surface area contributed by atoms with Gasteiger partial charge in [0, 0.05) is 6.07 Å². The molecule has 0 amide bonds. The van der Waals surface area contributed by atoms with Gasteiger partial charge >= 0.3 is 0 Å². The van der Waals surface area contributed by atoms with Crippen molar-refractivity contribution in [3.05, 3.63) is 12.1 Å². The second-order valence-corrected chi connectivity index (χ2v) is 4.93. The molecular formula is C14H22N2O2. The largest absolute Gasteiger partial charge is 0.479 e. The average molecular weight is 250 g/mol. The van der Waals surface area contributed by atoms with Crippen molar-refractivity contribution in [2.24, 2.45) is 5.92 Å². The fourth-order valence-electron chi connectivity index (χ4n) is 2.55. The monoisotopic (exact) mass is 250 g/mol. The van der Waals surface area contributed by atoms with Crippen molar-refractivity contribution in [3.8, 4) is 11.8 Å². The Bertz CT molecular complexity index is 395. The van der Waals surface area contributed by atoms with E-state index in [0.717, 1.165) is 18.8 Å². The maximum absolute atomic E-state index is 5.94. The van der Waals surface area contributed by atoms with Crippen molar-refractivity contribution in [2.75, 3.05) is 12.8 Å². The van der Waals surface area contributed by atoms with E-state index in [0.29, 0.717) is 17.4 Å². The molecule has 0 spiro atoms. The summed E-state index contributed by atoms with van der Waals surface area (Å²) in [5, 5.41) is 0. The highest BCUT2D eigenvalue weighted by Crippen LogP contribution is 2.30. The van der Waals surface area contributed by atoms with Crippen molar-refractivity contribution in [1.82, 2.24) is 4.98 Å². The number of hydrogen-bond donors (Lipinski definition) is 1. The van der Waals surface area contributed by atoms with Gasteiger partial charge in [-0.25, -0.2) is 0 Å². The number of nitrogens with zero attached hydrogens (tertiary/aromatic N) is 1. The Hall–Kier alpha value is -1.45. The van der Waals surface area contributed by atoms with Crippen molar-refractivity contribution < 1.29 is 9.47 Å². The van der Waals surface area contributed by atoms with Crippen LogP contribution in [0.4, 0.5) is 5.69 Å². The number of rotatable bonds is 4. The van der Waals surface area contributed by atoms with E-state index in [4.69, 9.17) is 15.2 Å². The molecule has 2 atom stereocenters. The SMILES string of the molecule is CCC1CCCC(Oc2ccc(N)c(OC)n2)C1. The Morgan fingerprint density at radius 2 is 2.22 bits per heavy atom. The molecule has 0 saturated heterocycles. The minimum Gasteiger partial charge on any atom is -0.479 e. The molecule has 2 N–H and O–H groups in total. The van der Waals surface area contributed by atoms with Gasteiger partial charge in [0.1, 0.15) is 6.10 Å². The average Bonchev–Trinajstić information content (AvgIpc) is 2.41. The van der Waals surface area contributed by atoms with Crippen molar-refractivity contribution in [2.45, 2.75) is 45.1 Å². The fraction of sp³-hybridized carbons (Fsp3) is 0.643. The highest BCUT2D eigenvalue weighted by molar-refractivity contribution is 5.49. The Kier molecular flexibility index (Phi) is 4.28. The zero-order valence-corrected chi connectivity index (χ0v) is 11.2. The van der Waals surface area contributed by atoms with Crippen LogP contribution in [-0.2, 0) is 0 Å². The van der Waals surface area contributed by atoms with Gasteiger partial charge < -0.3 is 15.2 Å². The summed E-state index contributed by atoms with van der Waals surface area (Å²) in [5.74, 6) is 1.84. The molecule has 2 rings (SSSR count). The summed E-state index contributed by atoms with van der Waals surface area (Å²) >= 11 is 0. The third-order valence-corrected chi connectivity index (χ3v) is 3.66. The minimum absolute atomic E-state index is 0.282. The van der Waals surface area contributed by atoms with E-state index in [1.54, 1.807) is 13.2 Å². The van der Waals surface area contributed by atoms with Gasteiger partial charge in [-0.3, -0.25) is 0 Å². The molecule has 0 bridgehead atoms. The lowest BCUT2D eigenvalue weighted by Crippen LogP contribution is -2.25. The Morgan fingerprint density at radius 3 is 2.94 bits per heavy atom. The standard InChI is InChI=1S/C14H22N2O2/c1-3-10-5-4-6-11(9-10)18-13-8-7-12(15)14(16-13)17-2/h7-8,10-11H,3-6,9,15H2,1-2H3. The Labute approximate surface area is 108 Å². The van der Waals surface area contributed by atoms with Gasteiger partial charge in [-0.05, 0) is 31.2 Å². The normalized spacial score (nSPS) is 23.7. The van der Waals surface area contributed by atoms with Crippen LogP contribution in [0, 0.1) is 5.92 Å². The maximum Gasteiger partial charge on any atom is 0.240 e.